The second-order valence-corrected chi connectivity index (χ2v) is 9.69. The molecule has 0 heterocycles. The molecule has 26 heavy (non-hydrogen) atoms. The molecule has 3 atom stereocenters. The Balaban J connectivity index is 1.60. The predicted octanol–water partition coefficient (Wildman–Crippen LogP) is 7.25. The van der Waals surface area contributed by atoms with E-state index in [9.17, 15) is 0 Å². The van der Waals surface area contributed by atoms with Gasteiger partial charge in [0, 0.05) is 5.92 Å². The minimum absolute atomic E-state index is 0.450. The van der Waals surface area contributed by atoms with Crippen LogP contribution < -0.4 is 0 Å². The molecule has 4 rings (SSSR count). The summed E-state index contributed by atoms with van der Waals surface area (Å²) in [5.41, 5.74) is 6.26. The molecule has 2 aromatic rings. The summed E-state index contributed by atoms with van der Waals surface area (Å²) in [6.45, 7) is 9.45. The minimum Gasteiger partial charge on any atom is -0.0625 e. The van der Waals surface area contributed by atoms with Gasteiger partial charge in [-0.05, 0) is 78.9 Å². The van der Waals surface area contributed by atoms with Gasteiger partial charge in [-0.1, -0.05) is 74.9 Å². The number of hydrogen-bond acceptors (Lipinski definition) is 0. The number of hydrogen-bond donors (Lipinski definition) is 0. The van der Waals surface area contributed by atoms with Crippen molar-refractivity contribution in [1.29, 1.82) is 0 Å². The zero-order valence-corrected chi connectivity index (χ0v) is 17.0. The second kappa shape index (κ2) is 6.87. The molecule has 2 aliphatic rings. The van der Waals surface area contributed by atoms with Crippen LogP contribution in [0.3, 0.4) is 0 Å². The highest BCUT2D eigenvalue weighted by atomic mass is 14.5. The molecule has 0 nitrogen and oxygen atoms in total. The fraction of sp³-hybridized carbons (Fsp3) is 0.538. The highest BCUT2D eigenvalue weighted by Gasteiger charge is 2.45. The van der Waals surface area contributed by atoms with Crippen LogP contribution in [0.4, 0.5) is 0 Å². The van der Waals surface area contributed by atoms with Crippen molar-refractivity contribution in [2.24, 2.45) is 17.8 Å². The van der Waals surface area contributed by atoms with E-state index in [0.717, 1.165) is 17.8 Å². The minimum atomic E-state index is 0.450. The molecule has 3 unspecified atom stereocenters. The first-order valence-electron chi connectivity index (χ1n) is 10.6. The van der Waals surface area contributed by atoms with Crippen molar-refractivity contribution in [2.45, 2.75) is 71.1 Å². The van der Waals surface area contributed by atoms with E-state index in [2.05, 4.69) is 76.2 Å². The molecule has 0 N–H and O–H groups in total. The zero-order chi connectivity index (χ0) is 18.3. The number of benzene rings is 2. The van der Waals surface area contributed by atoms with Crippen LogP contribution in [0.2, 0.25) is 0 Å². The molecular weight excluding hydrogens is 312 g/mol. The van der Waals surface area contributed by atoms with Crippen molar-refractivity contribution >= 4 is 0 Å². The van der Waals surface area contributed by atoms with Gasteiger partial charge in [-0.3, -0.25) is 0 Å². The summed E-state index contributed by atoms with van der Waals surface area (Å²) in [6, 6.07) is 18.8. The van der Waals surface area contributed by atoms with E-state index in [-0.39, 0.29) is 0 Å². The molecule has 0 amide bonds. The molecular formula is C26H34. The van der Waals surface area contributed by atoms with Crippen molar-refractivity contribution < 1.29 is 0 Å². The van der Waals surface area contributed by atoms with E-state index < -0.39 is 0 Å². The topological polar surface area (TPSA) is 0 Å². The van der Waals surface area contributed by atoms with Crippen molar-refractivity contribution in [1.82, 2.24) is 0 Å². The Morgan fingerprint density at radius 1 is 0.769 bits per heavy atom. The van der Waals surface area contributed by atoms with Crippen LogP contribution in [0.25, 0.3) is 0 Å². The maximum atomic E-state index is 2.48. The lowest BCUT2D eigenvalue weighted by molar-refractivity contribution is 0.0780. The normalized spacial score (nSPS) is 32.2. The van der Waals surface area contributed by atoms with Crippen LogP contribution in [0.15, 0.2) is 48.5 Å². The molecule has 0 radical (unpaired) electrons. The van der Waals surface area contributed by atoms with Crippen molar-refractivity contribution in [2.75, 3.05) is 0 Å². The Kier molecular flexibility index (Phi) is 4.71. The predicted molar refractivity (Wildman–Crippen MR) is 112 cm³/mol. The summed E-state index contributed by atoms with van der Waals surface area (Å²) in [5, 5.41) is 0. The molecule has 2 aromatic carbocycles. The van der Waals surface area contributed by atoms with Gasteiger partial charge in [-0.25, -0.2) is 0 Å². The van der Waals surface area contributed by atoms with E-state index in [1.54, 1.807) is 5.56 Å². The van der Waals surface area contributed by atoms with Gasteiger partial charge in [0.2, 0.25) is 0 Å². The van der Waals surface area contributed by atoms with Crippen molar-refractivity contribution in [3.05, 3.63) is 70.8 Å². The third-order valence-corrected chi connectivity index (χ3v) is 7.23. The van der Waals surface area contributed by atoms with E-state index >= 15 is 0 Å². The fourth-order valence-electron chi connectivity index (χ4n) is 6.23. The van der Waals surface area contributed by atoms with Crippen LogP contribution >= 0.6 is 0 Å². The molecule has 0 spiro atoms. The van der Waals surface area contributed by atoms with Gasteiger partial charge in [-0.2, -0.15) is 0 Å². The number of aryl methyl sites for hydroxylation is 1. The van der Waals surface area contributed by atoms with E-state index in [0.29, 0.717) is 11.3 Å². The monoisotopic (exact) mass is 346 g/mol. The lowest BCUT2D eigenvalue weighted by Crippen LogP contribution is -2.42. The average Bonchev–Trinajstić information content (AvgIpc) is 2.60. The third kappa shape index (κ3) is 3.36. The van der Waals surface area contributed by atoms with Crippen LogP contribution in [0.1, 0.15) is 81.0 Å². The Hall–Kier alpha value is -1.56. The first-order valence-corrected chi connectivity index (χ1v) is 10.6. The van der Waals surface area contributed by atoms with Gasteiger partial charge in [0.25, 0.3) is 0 Å². The Morgan fingerprint density at radius 3 is 1.81 bits per heavy atom. The highest BCUT2D eigenvalue weighted by molar-refractivity contribution is 5.37. The standard InChI is InChI=1S/C26H34/c1-18-5-7-23(8-6-18)21(4)24-9-11-25(12-10-24)26-15-19(2)13-22(17-26)14-20(3)16-26/h5-12,19-22H,13-17H2,1-4H3. The SMILES string of the molecule is Cc1ccc(C(C)c2ccc(C34CC(C)CC(CC(C)C3)C4)cc2)cc1. The van der Waals surface area contributed by atoms with E-state index in [4.69, 9.17) is 0 Å². The molecule has 138 valence electrons. The Bertz CT molecular complexity index is 717. The molecule has 0 heteroatoms. The zero-order valence-electron chi connectivity index (χ0n) is 17.0. The quantitative estimate of drug-likeness (QED) is 0.549. The van der Waals surface area contributed by atoms with Crippen LogP contribution in [-0.2, 0) is 5.41 Å². The molecule has 0 aromatic heterocycles. The highest BCUT2D eigenvalue weighted by Crippen LogP contribution is 2.54. The summed E-state index contributed by atoms with van der Waals surface area (Å²) in [5.74, 6) is 3.18. The third-order valence-electron chi connectivity index (χ3n) is 7.23. The number of fused-ring (bicyclic) bond motifs is 2. The molecule has 2 aliphatic carbocycles. The van der Waals surface area contributed by atoms with Gasteiger partial charge in [0.1, 0.15) is 0 Å². The molecule has 2 bridgehead atoms. The fourth-order valence-corrected chi connectivity index (χ4v) is 6.23. The van der Waals surface area contributed by atoms with Crippen LogP contribution in [-0.4, -0.2) is 0 Å². The lowest BCUT2D eigenvalue weighted by atomic mass is 9.54. The van der Waals surface area contributed by atoms with Gasteiger partial charge in [-0.15, -0.1) is 0 Å². The summed E-state index contributed by atoms with van der Waals surface area (Å²) < 4.78 is 0. The van der Waals surface area contributed by atoms with E-state index in [1.165, 1.54) is 48.8 Å². The Labute approximate surface area is 160 Å². The summed E-state index contributed by atoms with van der Waals surface area (Å²) in [7, 11) is 0. The maximum Gasteiger partial charge on any atom is 0.00610 e. The summed E-state index contributed by atoms with van der Waals surface area (Å²) in [4.78, 5) is 0. The molecule has 0 saturated heterocycles. The van der Waals surface area contributed by atoms with Gasteiger partial charge >= 0.3 is 0 Å². The van der Waals surface area contributed by atoms with Crippen molar-refractivity contribution in [3.8, 4) is 0 Å². The van der Waals surface area contributed by atoms with Gasteiger partial charge in [0.05, 0.1) is 0 Å². The van der Waals surface area contributed by atoms with Gasteiger partial charge in [0.15, 0.2) is 0 Å². The lowest BCUT2D eigenvalue weighted by Gasteiger charge is -2.50. The van der Waals surface area contributed by atoms with E-state index in [1.807, 2.05) is 0 Å². The molecule has 2 fully saturated rings. The van der Waals surface area contributed by atoms with Gasteiger partial charge < -0.3 is 0 Å². The maximum absolute atomic E-state index is 2.48. The summed E-state index contributed by atoms with van der Waals surface area (Å²) in [6.07, 6.45) is 7.11. The smallest absolute Gasteiger partial charge is 0.00610 e. The van der Waals surface area contributed by atoms with Crippen LogP contribution in [0, 0.1) is 24.7 Å². The average molecular weight is 347 g/mol. The summed E-state index contributed by atoms with van der Waals surface area (Å²) >= 11 is 0. The largest absolute Gasteiger partial charge is 0.0625 e. The van der Waals surface area contributed by atoms with Crippen molar-refractivity contribution in [3.63, 3.8) is 0 Å². The first kappa shape index (κ1) is 17.8. The number of rotatable bonds is 3. The molecule has 0 aliphatic heterocycles. The molecule has 2 saturated carbocycles. The Morgan fingerprint density at radius 2 is 1.27 bits per heavy atom. The van der Waals surface area contributed by atoms with Crippen LogP contribution in [0.5, 0.6) is 0 Å². The first-order chi connectivity index (χ1) is 12.4. The second-order valence-electron chi connectivity index (χ2n) is 9.69.